The number of carbonyl (C=O) groups is 1. The maximum atomic E-state index is 11.4. The number of hydrogen-bond donors (Lipinski definition) is 2. The SMILES string of the molecule is CCCNC(C)(CCCCN(C)CCCN(C)C)C(=O)O. The van der Waals surface area contributed by atoms with Gasteiger partial charge in [0, 0.05) is 0 Å². The molecule has 0 bridgehead atoms. The molecule has 0 aromatic heterocycles. The normalized spacial score (nSPS) is 14.6. The van der Waals surface area contributed by atoms with Gasteiger partial charge in [0.2, 0.25) is 0 Å². The first kappa shape index (κ1) is 20.3. The Bertz CT molecular complexity index is 285. The minimum absolute atomic E-state index is 0.688. The summed E-state index contributed by atoms with van der Waals surface area (Å²) in [5.74, 6) is -0.740. The molecule has 0 amide bonds. The van der Waals surface area contributed by atoms with Crippen LogP contribution in [0.3, 0.4) is 0 Å². The van der Waals surface area contributed by atoms with E-state index >= 15 is 0 Å². The van der Waals surface area contributed by atoms with Crippen molar-refractivity contribution in [1.29, 1.82) is 0 Å². The van der Waals surface area contributed by atoms with E-state index < -0.39 is 11.5 Å². The zero-order chi connectivity index (χ0) is 16.3. The van der Waals surface area contributed by atoms with Crippen molar-refractivity contribution in [2.24, 2.45) is 0 Å². The standard InChI is InChI=1S/C16H35N3O2/c1-6-11-17-16(2,15(20)21)10-7-8-13-19(5)14-9-12-18(3)4/h17H,6-14H2,1-5H3,(H,20,21). The van der Waals surface area contributed by atoms with Crippen molar-refractivity contribution in [1.82, 2.24) is 15.1 Å². The van der Waals surface area contributed by atoms with Gasteiger partial charge in [0.05, 0.1) is 0 Å². The Morgan fingerprint density at radius 3 is 2.24 bits per heavy atom. The molecule has 5 nitrogen and oxygen atoms in total. The van der Waals surface area contributed by atoms with Gasteiger partial charge >= 0.3 is 5.97 Å². The van der Waals surface area contributed by atoms with Crippen LogP contribution >= 0.6 is 0 Å². The van der Waals surface area contributed by atoms with Gasteiger partial charge in [-0.3, -0.25) is 4.79 Å². The van der Waals surface area contributed by atoms with E-state index in [0.717, 1.165) is 45.4 Å². The minimum atomic E-state index is -0.778. The number of hydrogen-bond acceptors (Lipinski definition) is 4. The molecule has 2 N–H and O–H groups in total. The molecule has 0 aliphatic rings. The van der Waals surface area contributed by atoms with E-state index in [1.54, 1.807) is 6.92 Å². The summed E-state index contributed by atoms with van der Waals surface area (Å²) in [5.41, 5.74) is -0.778. The van der Waals surface area contributed by atoms with E-state index in [0.29, 0.717) is 6.42 Å². The number of aliphatic carboxylic acids is 1. The van der Waals surface area contributed by atoms with Crippen LogP contribution in [0.4, 0.5) is 0 Å². The van der Waals surface area contributed by atoms with Gasteiger partial charge in [0.25, 0.3) is 0 Å². The van der Waals surface area contributed by atoms with Gasteiger partial charge in [-0.25, -0.2) is 0 Å². The minimum Gasteiger partial charge on any atom is -0.480 e. The Kier molecular flexibility index (Phi) is 10.6. The summed E-state index contributed by atoms with van der Waals surface area (Å²) in [6, 6.07) is 0. The first-order valence-electron chi connectivity index (χ1n) is 8.13. The van der Waals surface area contributed by atoms with Gasteiger partial charge in [0.15, 0.2) is 0 Å². The van der Waals surface area contributed by atoms with Crippen LogP contribution in [0.5, 0.6) is 0 Å². The maximum Gasteiger partial charge on any atom is 0.323 e. The zero-order valence-electron chi connectivity index (χ0n) is 14.6. The molecular weight excluding hydrogens is 266 g/mol. The number of nitrogens with one attached hydrogen (secondary N) is 1. The van der Waals surface area contributed by atoms with Gasteiger partial charge in [-0.2, -0.15) is 0 Å². The van der Waals surface area contributed by atoms with Crippen LogP contribution < -0.4 is 5.32 Å². The Morgan fingerprint density at radius 1 is 1.10 bits per heavy atom. The van der Waals surface area contributed by atoms with Crippen molar-refractivity contribution in [2.75, 3.05) is 47.3 Å². The molecular formula is C16H35N3O2. The lowest BCUT2D eigenvalue weighted by atomic mass is 9.94. The van der Waals surface area contributed by atoms with Crippen LogP contribution in [0.25, 0.3) is 0 Å². The fourth-order valence-electron chi connectivity index (χ4n) is 2.30. The molecule has 0 aliphatic carbocycles. The van der Waals surface area contributed by atoms with Crippen molar-refractivity contribution in [3.8, 4) is 0 Å². The highest BCUT2D eigenvalue weighted by molar-refractivity contribution is 5.78. The van der Waals surface area contributed by atoms with E-state index in [-0.39, 0.29) is 0 Å². The van der Waals surface area contributed by atoms with E-state index in [1.807, 2.05) is 0 Å². The summed E-state index contributed by atoms with van der Waals surface area (Å²) in [7, 11) is 6.33. The van der Waals surface area contributed by atoms with Crippen molar-refractivity contribution in [2.45, 2.75) is 51.5 Å². The van der Waals surface area contributed by atoms with E-state index in [9.17, 15) is 9.90 Å². The summed E-state index contributed by atoms with van der Waals surface area (Å²) >= 11 is 0. The molecule has 0 aromatic rings. The summed E-state index contributed by atoms with van der Waals surface area (Å²) in [4.78, 5) is 15.9. The summed E-state index contributed by atoms with van der Waals surface area (Å²) < 4.78 is 0. The fourth-order valence-corrected chi connectivity index (χ4v) is 2.30. The topological polar surface area (TPSA) is 55.8 Å². The lowest BCUT2D eigenvalue weighted by Crippen LogP contribution is -2.49. The highest BCUT2D eigenvalue weighted by Crippen LogP contribution is 2.14. The van der Waals surface area contributed by atoms with E-state index in [4.69, 9.17) is 0 Å². The molecule has 0 saturated carbocycles. The summed E-state index contributed by atoms with van der Waals surface area (Å²) in [6.07, 6.45) is 4.81. The van der Waals surface area contributed by atoms with Gasteiger partial charge in [0.1, 0.15) is 5.54 Å². The first-order chi connectivity index (χ1) is 9.81. The Morgan fingerprint density at radius 2 is 1.71 bits per heavy atom. The van der Waals surface area contributed by atoms with Gasteiger partial charge in [-0.1, -0.05) is 6.92 Å². The van der Waals surface area contributed by atoms with Gasteiger partial charge in [-0.05, 0) is 86.3 Å². The molecule has 0 rings (SSSR count). The van der Waals surface area contributed by atoms with Crippen molar-refractivity contribution in [3.63, 3.8) is 0 Å². The second-order valence-corrected chi connectivity index (χ2v) is 6.48. The lowest BCUT2D eigenvalue weighted by Gasteiger charge is -2.26. The Hall–Kier alpha value is -0.650. The monoisotopic (exact) mass is 301 g/mol. The predicted octanol–water partition coefficient (Wildman–Crippen LogP) is 1.88. The molecule has 1 unspecified atom stereocenters. The smallest absolute Gasteiger partial charge is 0.323 e. The van der Waals surface area contributed by atoms with Gasteiger partial charge in [-0.15, -0.1) is 0 Å². The molecule has 126 valence electrons. The van der Waals surface area contributed by atoms with Crippen molar-refractivity contribution in [3.05, 3.63) is 0 Å². The largest absolute Gasteiger partial charge is 0.480 e. The second kappa shape index (κ2) is 11.0. The molecule has 0 aliphatic heterocycles. The van der Waals surface area contributed by atoms with Crippen molar-refractivity contribution < 1.29 is 9.90 Å². The van der Waals surface area contributed by atoms with Crippen LogP contribution in [0, 0.1) is 0 Å². The van der Waals surface area contributed by atoms with Crippen LogP contribution in [0.1, 0.15) is 46.0 Å². The number of unbranched alkanes of at least 4 members (excludes halogenated alkanes) is 1. The first-order valence-corrected chi connectivity index (χ1v) is 8.13. The summed E-state index contributed by atoms with van der Waals surface area (Å²) in [6.45, 7) is 7.86. The highest BCUT2D eigenvalue weighted by atomic mass is 16.4. The second-order valence-electron chi connectivity index (χ2n) is 6.48. The van der Waals surface area contributed by atoms with Crippen LogP contribution in [0.15, 0.2) is 0 Å². The third-order valence-electron chi connectivity index (χ3n) is 3.85. The molecule has 0 fully saturated rings. The van der Waals surface area contributed by atoms with Crippen molar-refractivity contribution >= 4 is 5.97 Å². The van der Waals surface area contributed by atoms with E-state index in [1.165, 1.54) is 6.42 Å². The average molecular weight is 301 g/mol. The highest BCUT2D eigenvalue weighted by Gasteiger charge is 2.31. The quantitative estimate of drug-likeness (QED) is 0.509. The van der Waals surface area contributed by atoms with Crippen LogP contribution in [-0.2, 0) is 4.79 Å². The molecule has 0 saturated heterocycles. The zero-order valence-corrected chi connectivity index (χ0v) is 14.6. The fraction of sp³-hybridized carbons (Fsp3) is 0.938. The molecule has 21 heavy (non-hydrogen) atoms. The maximum absolute atomic E-state index is 11.4. The Labute approximate surface area is 130 Å². The van der Waals surface area contributed by atoms with E-state index in [2.05, 4.69) is 43.2 Å². The van der Waals surface area contributed by atoms with Gasteiger partial charge < -0.3 is 20.2 Å². The molecule has 0 radical (unpaired) electrons. The predicted molar refractivity (Wildman–Crippen MR) is 88.9 cm³/mol. The Balaban J connectivity index is 3.86. The number of nitrogens with zero attached hydrogens (tertiary/aromatic N) is 2. The number of carboxylic acid groups (broad SMARTS) is 1. The number of carboxylic acids is 1. The molecule has 5 heteroatoms. The molecule has 0 aromatic carbocycles. The van der Waals surface area contributed by atoms with Crippen LogP contribution in [-0.4, -0.2) is 73.7 Å². The van der Waals surface area contributed by atoms with Crippen LogP contribution in [0.2, 0.25) is 0 Å². The molecule has 1 atom stereocenters. The summed E-state index contributed by atoms with van der Waals surface area (Å²) in [5, 5.41) is 12.5. The number of rotatable bonds is 13. The third-order valence-corrected chi connectivity index (χ3v) is 3.85. The molecule has 0 heterocycles. The lowest BCUT2D eigenvalue weighted by molar-refractivity contribution is -0.144. The average Bonchev–Trinajstić information content (AvgIpc) is 2.40. The molecule has 0 spiro atoms. The third kappa shape index (κ3) is 9.82.